The van der Waals surface area contributed by atoms with Crippen LogP contribution in [0.1, 0.15) is 38.3 Å². The van der Waals surface area contributed by atoms with E-state index < -0.39 is 21.7 Å². The van der Waals surface area contributed by atoms with Gasteiger partial charge in [-0.05, 0) is 45.7 Å². The van der Waals surface area contributed by atoms with E-state index in [1.165, 1.54) is 13.2 Å². The third-order valence-corrected chi connectivity index (χ3v) is 5.93. The Morgan fingerprint density at radius 2 is 1.90 bits per heavy atom. The van der Waals surface area contributed by atoms with Gasteiger partial charge in [-0.3, -0.25) is 0 Å². The molecule has 0 heterocycles. The van der Waals surface area contributed by atoms with Crippen LogP contribution in [0, 0.1) is 6.92 Å². The van der Waals surface area contributed by atoms with E-state index in [1.807, 2.05) is 32.7 Å². The molecule has 0 amide bonds. The van der Waals surface area contributed by atoms with Gasteiger partial charge in [0.25, 0.3) is 0 Å². The normalized spacial score (nSPS) is 14.8. The van der Waals surface area contributed by atoms with Crippen molar-refractivity contribution in [2.75, 3.05) is 41.0 Å². The van der Waals surface area contributed by atoms with Crippen molar-refractivity contribution in [2.24, 2.45) is 4.99 Å². The average molecular weight is 542 g/mol. The van der Waals surface area contributed by atoms with Crippen LogP contribution in [0.3, 0.4) is 0 Å². The number of rotatable bonds is 12. The summed E-state index contributed by atoms with van der Waals surface area (Å²) in [6, 6.07) is 3.03. The van der Waals surface area contributed by atoms with Crippen molar-refractivity contribution in [3.8, 4) is 5.75 Å². The quantitative estimate of drug-likeness (QED) is 0.137. The molecule has 0 fully saturated rings. The molecule has 0 spiro atoms. The molecular formula is C21H33F2IN2O4. The monoisotopic (exact) mass is 542 g/mol. The molecule has 1 unspecified atom stereocenters. The molecule has 1 atom stereocenters. The number of halogens is 3. The predicted molar refractivity (Wildman–Crippen MR) is 124 cm³/mol. The summed E-state index contributed by atoms with van der Waals surface area (Å²) in [4.78, 5) is 6.27. The number of aliphatic hydroxyl groups is 1. The van der Waals surface area contributed by atoms with Gasteiger partial charge in [-0.15, -0.1) is 0 Å². The molecule has 0 aliphatic heterocycles. The maximum atomic E-state index is 14.6. The predicted octanol–water partition coefficient (Wildman–Crippen LogP) is 4.66. The zero-order chi connectivity index (χ0) is 23.2. The lowest BCUT2D eigenvalue weighted by atomic mass is 9.92. The van der Waals surface area contributed by atoms with E-state index in [1.54, 1.807) is 26.4 Å². The van der Waals surface area contributed by atoms with E-state index in [0.29, 0.717) is 17.7 Å². The number of methoxy groups -OCH3 is 2. The van der Waals surface area contributed by atoms with Crippen LogP contribution in [0.2, 0.25) is 0 Å². The topological polar surface area (TPSA) is 63.5 Å². The Kier molecular flexibility index (Phi) is 9.91. The van der Waals surface area contributed by atoms with Crippen molar-refractivity contribution in [1.29, 1.82) is 0 Å². The molecule has 0 saturated heterocycles. The zero-order valence-corrected chi connectivity index (χ0v) is 20.9. The van der Waals surface area contributed by atoms with Gasteiger partial charge in [-0.25, -0.2) is 4.99 Å². The highest BCUT2D eigenvalue weighted by Crippen LogP contribution is 2.47. The molecule has 1 aromatic carbocycles. The summed E-state index contributed by atoms with van der Waals surface area (Å²) in [6.07, 6.45) is 2.14. The fraction of sp³-hybridized carbons (Fsp3) is 0.667. The van der Waals surface area contributed by atoms with Gasteiger partial charge in [0.2, 0.25) is 0 Å². The Balaban J connectivity index is 3.25. The molecule has 9 heteroatoms. The lowest BCUT2D eigenvalue weighted by Crippen LogP contribution is -2.45. The van der Waals surface area contributed by atoms with E-state index in [9.17, 15) is 13.9 Å². The smallest absolute Gasteiger partial charge is 0.330 e. The summed E-state index contributed by atoms with van der Waals surface area (Å²) in [6.45, 7) is 7.81. The molecule has 30 heavy (non-hydrogen) atoms. The van der Waals surface area contributed by atoms with Gasteiger partial charge >= 0.3 is 3.93 Å². The van der Waals surface area contributed by atoms with Crippen LogP contribution in [0.4, 0.5) is 14.5 Å². The molecule has 1 aromatic rings. The third-order valence-electron chi connectivity index (χ3n) is 5.04. The van der Waals surface area contributed by atoms with Gasteiger partial charge in [0.1, 0.15) is 5.75 Å². The first-order chi connectivity index (χ1) is 13.8. The number of hydrogen-bond donors (Lipinski definition) is 1. The summed E-state index contributed by atoms with van der Waals surface area (Å²) in [7, 11) is 4.82. The van der Waals surface area contributed by atoms with Crippen LogP contribution in [-0.4, -0.2) is 66.9 Å². The molecule has 0 aromatic heterocycles. The first kappa shape index (κ1) is 27.0. The molecule has 0 radical (unpaired) electrons. The number of nitrogens with zero attached hydrogens (tertiary/aromatic N) is 2. The summed E-state index contributed by atoms with van der Waals surface area (Å²) >= 11 is 0.938. The van der Waals surface area contributed by atoms with Crippen LogP contribution in [-0.2, 0) is 15.1 Å². The van der Waals surface area contributed by atoms with Gasteiger partial charge in [0.15, 0.2) is 5.60 Å². The van der Waals surface area contributed by atoms with Gasteiger partial charge in [-0.2, -0.15) is 8.78 Å². The third kappa shape index (κ3) is 7.00. The Morgan fingerprint density at radius 1 is 1.27 bits per heavy atom. The number of ether oxygens (including phenoxy) is 3. The minimum absolute atomic E-state index is 0.0457. The lowest BCUT2D eigenvalue weighted by molar-refractivity contribution is -0.156. The van der Waals surface area contributed by atoms with Gasteiger partial charge in [0.05, 0.1) is 31.3 Å². The molecule has 0 bridgehead atoms. The highest BCUT2D eigenvalue weighted by Gasteiger charge is 2.54. The van der Waals surface area contributed by atoms with Crippen LogP contribution < -0.4 is 4.74 Å². The number of benzene rings is 1. The van der Waals surface area contributed by atoms with Crippen LogP contribution in [0.5, 0.6) is 5.75 Å². The molecule has 0 aliphatic rings. The van der Waals surface area contributed by atoms with Crippen molar-refractivity contribution in [2.45, 2.75) is 49.2 Å². The number of aryl methyl sites for hydroxylation is 1. The number of hydrogen-bond acceptors (Lipinski definition) is 5. The molecule has 1 N–H and O–H groups in total. The molecule has 0 saturated carbocycles. The second kappa shape index (κ2) is 11.0. The zero-order valence-electron chi connectivity index (χ0n) is 18.8. The Bertz CT molecular complexity index is 726. The summed E-state index contributed by atoms with van der Waals surface area (Å²) in [5.74, 6) is 0.117. The molecule has 1 rings (SSSR count). The average Bonchev–Trinajstić information content (AvgIpc) is 2.68. The van der Waals surface area contributed by atoms with Gasteiger partial charge < -0.3 is 24.2 Å². The Morgan fingerprint density at radius 3 is 2.40 bits per heavy atom. The Labute approximate surface area is 191 Å². The molecule has 0 aliphatic carbocycles. The van der Waals surface area contributed by atoms with E-state index >= 15 is 0 Å². The van der Waals surface area contributed by atoms with Crippen LogP contribution >= 0.6 is 22.6 Å². The molecular weight excluding hydrogens is 509 g/mol. The van der Waals surface area contributed by atoms with E-state index in [0.717, 1.165) is 29.1 Å². The van der Waals surface area contributed by atoms with Crippen molar-refractivity contribution in [3.63, 3.8) is 0 Å². The van der Waals surface area contributed by atoms with Gasteiger partial charge in [-0.1, -0.05) is 0 Å². The van der Waals surface area contributed by atoms with Crippen molar-refractivity contribution in [1.82, 2.24) is 4.90 Å². The second-order valence-electron chi connectivity index (χ2n) is 7.78. The van der Waals surface area contributed by atoms with E-state index in [4.69, 9.17) is 14.2 Å². The van der Waals surface area contributed by atoms with Gasteiger partial charge in [0, 0.05) is 61.5 Å². The first-order valence-electron chi connectivity index (χ1n) is 9.67. The number of aliphatic imine (C=N–C) groups is 1. The van der Waals surface area contributed by atoms with Crippen molar-refractivity contribution in [3.05, 3.63) is 23.3 Å². The van der Waals surface area contributed by atoms with Crippen molar-refractivity contribution < 1.29 is 28.1 Å². The van der Waals surface area contributed by atoms with Crippen LogP contribution in [0.15, 0.2) is 17.1 Å². The molecule has 6 nitrogen and oxygen atoms in total. The fourth-order valence-electron chi connectivity index (χ4n) is 2.50. The highest BCUT2D eigenvalue weighted by atomic mass is 127. The minimum atomic E-state index is -3.51. The highest BCUT2D eigenvalue weighted by molar-refractivity contribution is 14.1. The maximum absolute atomic E-state index is 14.6. The minimum Gasteiger partial charge on any atom is -0.496 e. The summed E-state index contributed by atoms with van der Waals surface area (Å²) in [5.41, 5.74) is -1.88. The lowest BCUT2D eigenvalue weighted by Gasteiger charge is -2.34. The summed E-state index contributed by atoms with van der Waals surface area (Å²) < 4.78 is 41.8. The fourth-order valence-corrected chi connectivity index (χ4v) is 2.95. The SMILES string of the molecule is CCN(C)/C=N/c1cc(OC)c(C(O)(COCCC(C)(C)OC)C(F)(F)I)cc1C. The summed E-state index contributed by atoms with van der Waals surface area (Å²) in [5, 5.41) is 11.0. The van der Waals surface area contributed by atoms with E-state index in [-0.39, 0.29) is 17.9 Å². The Hall–Kier alpha value is -1.04. The van der Waals surface area contributed by atoms with Crippen molar-refractivity contribution >= 4 is 34.6 Å². The second-order valence-corrected chi connectivity index (χ2v) is 9.14. The molecule has 172 valence electrons. The largest absolute Gasteiger partial charge is 0.496 e. The first-order valence-corrected chi connectivity index (χ1v) is 10.7. The standard InChI is InChI=1S/C21H33F2IN2O4/c1-8-26(5)14-25-17-12-18(28-6)16(11-15(17)2)20(27,21(22,23)24)13-30-10-9-19(3,4)29-7/h11-12,14,27H,8-10,13H2,1-7H3/b25-14+. The van der Waals surface area contributed by atoms with E-state index in [2.05, 4.69) is 4.99 Å². The maximum Gasteiger partial charge on any atom is 0.330 e. The number of alkyl halides is 3. The van der Waals surface area contributed by atoms with Crippen LogP contribution in [0.25, 0.3) is 0 Å².